The van der Waals surface area contributed by atoms with Crippen LogP contribution in [0, 0.1) is 5.82 Å². The Bertz CT molecular complexity index is 592. The topological polar surface area (TPSA) is 75.7 Å². The largest absolute Gasteiger partial charge is 0.383 e. The normalized spacial score (nSPS) is 12.8. The number of nitrogens with one attached hydrogen (secondary N) is 1. The number of carbonyl (C=O) groups is 1. The molecule has 0 spiro atoms. The fourth-order valence-electron chi connectivity index (χ4n) is 1.78. The van der Waals surface area contributed by atoms with Crippen molar-refractivity contribution in [3.05, 3.63) is 30.1 Å². The third kappa shape index (κ3) is 5.31. The second-order valence-electron chi connectivity index (χ2n) is 4.64. The highest BCUT2D eigenvalue weighted by atomic mass is 32.2. The van der Waals surface area contributed by atoms with Crippen LogP contribution in [0.15, 0.2) is 24.3 Å². The van der Waals surface area contributed by atoms with E-state index in [1.807, 2.05) is 0 Å². The van der Waals surface area contributed by atoms with Gasteiger partial charge in [-0.15, -0.1) is 0 Å². The lowest BCUT2D eigenvalue weighted by Gasteiger charge is -2.23. The molecule has 0 fully saturated rings. The third-order valence-electron chi connectivity index (χ3n) is 2.63. The highest BCUT2D eigenvalue weighted by Gasteiger charge is 2.23. The van der Waals surface area contributed by atoms with Crippen molar-refractivity contribution in [2.45, 2.75) is 13.0 Å². The van der Waals surface area contributed by atoms with Crippen molar-refractivity contribution in [3.63, 3.8) is 0 Å². The number of anilines is 1. The van der Waals surface area contributed by atoms with Gasteiger partial charge in [0.05, 0.1) is 18.6 Å². The smallest absolute Gasteiger partial charge is 0.241 e. The van der Waals surface area contributed by atoms with Crippen LogP contribution in [0.4, 0.5) is 10.1 Å². The Hall–Kier alpha value is -1.67. The molecule has 6 nitrogen and oxygen atoms in total. The van der Waals surface area contributed by atoms with E-state index in [1.165, 1.54) is 25.3 Å². The standard InChI is InChI=1S/C13H19FN2O4S/c1-10(9-20-2)15-13(17)8-16(21(3,18)19)12-7-5-4-6-11(12)14/h4-7,10H,8-9H2,1-3H3,(H,15,17)/t10-/m1/s1. The summed E-state index contributed by atoms with van der Waals surface area (Å²) in [6, 6.07) is 5.12. The number of hydrogen-bond acceptors (Lipinski definition) is 4. The van der Waals surface area contributed by atoms with E-state index < -0.39 is 28.3 Å². The lowest BCUT2D eigenvalue weighted by Crippen LogP contribution is -2.44. The van der Waals surface area contributed by atoms with E-state index in [9.17, 15) is 17.6 Å². The molecule has 1 aromatic carbocycles. The maximum absolute atomic E-state index is 13.7. The van der Waals surface area contributed by atoms with Gasteiger partial charge in [0.15, 0.2) is 0 Å². The minimum Gasteiger partial charge on any atom is -0.383 e. The first-order valence-corrected chi connectivity index (χ1v) is 8.11. The Morgan fingerprint density at radius 3 is 2.57 bits per heavy atom. The van der Waals surface area contributed by atoms with Gasteiger partial charge in [-0.05, 0) is 19.1 Å². The number of amides is 1. The van der Waals surface area contributed by atoms with Crippen molar-refractivity contribution in [3.8, 4) is 0 Å². The van der Waals surface area contributed by atoms with E-state index in [0.29, 0.717) is 6.61 Å². The van der Waals surface area contributed by atoms with E-state index in [0.717, 1.165) is 16.6 Å². The summed E-state index contributed by atoms with van der Waals surface area (Å²) in [4.78, 5) is 11.9. The average Bonchev–Trinajstić information content (AvgIpc) is 2.36. The molecule has 0 aliphatic heterocycles. The molecule has 8 heteroatoms. The lowest BCUT2D eigenvalue weighted by molar-refractivity contribution is -0.120. The summed E-state index contributed by atoms with van der Waals surface area (Å²) < 4.78 is 42.9. The van der Waals surface area contributed by atoms with Crippen molar-refractivity contribution in [1.29, 1.82) is 0 Å². The highest BCUT2D eigenvalue weighted by Crippen LogP contribution is 2.20. The average molecular weight is 318 g/mol. The molecular formula is C13H19FN2O4S. The molecule has 0 aliphatic rings. The molecule has 0 saturated carbocycles. The molecule has 0 unspecified atom stereocenters. The summed E-state index contributed by atoms with van der Waals surface area (Å²) in [6.07, 6.45) is 0.922. The summed E-state index contributed by atoms with van der Waals surface area (Å²) >= 11 is 0. The molecule has 1 N–H and O–H groups in total. The van der Waals surface area contributed by atoms with Crippen LogP contribution in [0.3, 0.4) is 0 Å². The van der Waals surface area contributed by atoms with Crippen LogP contribution < -0.4 is 9.62 Å². The number of sulfonamides is 1. The SMILES string of the molecule is COC[C@@H](C)NC(=O)CN(c1ccccc1F)S(C)(=O)=O. The van der Waals surface area contributed by atoms with Crippen LogP contribution in [0.1, 0.15) is 6.92 Å². The zero-order valence-corrected chi connectivity index (χ0v) is 13.0. The first-order chi connectivity index (χ1) is 9.75. The molecule has 1 rings (SSSR count). The van der Waals surface area contributed by atoms with E-state index in [2.05, 4.69) is 5.32 Å². The lowest BCUT2D eigenvalue weighted by atomic mass is 10.3. The van der Waals surface area contributed by atoms with E-state index in [1.54, 1.807) is 6.92 Å². The van der Waals surface area contributed by atoms with Crippen LogP contribution in [-0.4, -0.2) is 46.9 Å². The Balaban J connectivity index is 2.92. The zero-order chi connectivity index (χ0) is 16.0. The Morgan fingerprint density at radius 1 is 1.43 bits per heavy atom. The van der Waals surface area contributed by atoms with Crippen LogP contribution in [0.2, 0.25) is 0 Å². The van der Waals surface area contributed by atoms with Gasteiger partial charge in [-0.1, -0.05) is 12.1 Å². The molecule has 0 aromatic heterocycles. The summed E-state index contributed by atoms with van der Waals surface area (Å²) in [5, 5.41) is 2.58. The quantitative estimate of drug-likeness (QED) is 0.805. The van der Waals surface area contributed by atoms with Gasteiger partial charge in [-0.2, -0.15) is 0 Å². The van der Waals surface area contributed by atoms with Crippen molar-refractivity contribution in [2.75, 3.05) is 30.8 Å². The maximum Gasteiger partial charge on any atom is 0.241 e. The zero-order valence-electron chi connectivity index (χ0n) is 12.2. The second kappa shape index (κ2) is 7.37. The van der Waals surface area contributed by atoms with Gasteiger partial charge in [0.25, 0.3) is 0 Å². The van der Waals surface area contributed by atoms with Gasteiger partial charge < -0.3 is 10.1 Å². The summed E-state index contributed by atoms with van der Waals surface area (Å²) in [7, 11) is -2.29. The number of para-hydroxylation sites is 1. The minimum atomic E-state index is -3.78. The molecule has 0 saturated heterocycles. The Kier molecular flexibility index (Phi) is 6.10. The van der Waals surface area contributed by atoms with Crippen LogP contribution in [-0.2, 0) is 19.6 Å². The van der Waals surface area contributed by atoms with Gasteiger partial charge in [0, 0.05) is 13.2 Å². The Labute approximate surface area is 123 Å². The van der Waals surface area contributed by atoms with Gasteiger partial charge in [-0.3, -0.25) is 9.10 Å². The monoisotopic (exact) mass is 318 g/mol. The highest BCUT2D eigenvalue weighted by molar-refractivity contribution is 7.92. The second-order valence-corrected chi connectivity index (χ2v) is 6.55. The summed E-state index contributed by atoms with van der Waals surface area (Å²) in [6.45, 7) is 1.52. The number of hydrogen-bond donors (Lipinski definition) is 1. The number of rotatable bonds is 7. The summed E-state index contributed by atoms with van der Waals surface area (Å²) in [5.41, 5.74) is -0.158. The fraction of sp³-hybridized carbons (Fsp3) is 0.462. The first kappa shape index (κ1) is 17.4. The number of nitrogens with zero attached hydrogens (tertiary/aromatic N) is 1. The van der Waals surface area contributed by atoms with Gasteiger partial charge in [-0.25, -0.2) is 12.8 Å². The molecule has 118 valence electrons. The molecule has 1 aromatic rings. The first-order valence-electron chi connectivity index (χ1n) is 6.26. The van der Waals surface area contributed by atoms with Crippen LogP contribution in [0.25, 0.3) is 0 Å². The minimum absolute atomic E-state index is 0.158. The number of ether oxygens (including phenoxy) is 1. The number of halogens is 1. The molecule has 1 atom stereocenters. The van der Waals surface area contributed by atoms with Crippen molar-refractivity contribution in [1.82, 2.24) is 5.32 Å². The predicted octanol–water partition coefficient (Wildman–Crippen LogP) is 0.743. The predicted molar refractivity (Wildman–Crippen MR) is 78.1 cm³/mol. The summed E-state index contributed by atoms with van der Waals surface area (Å²) in [5.74, 6) is -1.24. The number of carbonyl (C=O) groups excluding carboxylic acids is 1. The van der Waals surface area contributed by atoms with Crippen molar-refractivity contribution >= 4 is 21.6 Å². The number of benzene rings is 1. The van der Waals surface area contributed by atoms with Gasteiger partial charge in [0.1, 0.15) is 12.4 Å². The maximum atomic E-state index is 13.7. The van der Waals surface area contributed by atoms with E-state index >= 15 is 0 Å². The van der Waals surface area contributed by atoms with E-state index in [-0.39, 0.29) is 11.7 Å². The molecule has 1 amide bonds. The van der Waals surface area contributed by atoms with E-state index in [4.69, 9.17) is 4.74 Å². The van der Waals surface area contributed by atoms with Crippen LogP contribution >= 0.6 is 0 Å². The number of methoxy groups -OCH3 is 1. The van der Waals surface area contributed by atoms with Crippen molar-refractivity contribution < 1.29 is 22.3 Å². The molecule has 0 aliphatic carbocycles. The molecule has 21 heavy (non-hydrogen) atoms. The fourth-order valence-corrected chi connectivity index (χ4v) is 2.63. The molecular weight excluding hydrogens is 299 g/mol. The molecule has 0 radical (unpaired) electrons. The molecule has 0 bridgehead atoms. The van der Waals surface area contributed by atoms with Gasteiger partial charge >= 0.3 is 0 Å². The van der Waals surface area contributed by atoms with Crippen molar-refractivity contribution in [2.24, 2.45) is 0 Å². The van der Waals surface area contributed by atoms with Gasteiger partial charge in [0.2, 0.25) is 15.9 Å². The third-order valence-corrected chi connectivity index (χ3v) is 3.76. The Morgan fingerprint density at radius 2 is 2.05 bits per heavy atom. The molecule has 0 heterocycles. The van der Waals surface area contributed by atoms with Crippen LogP contribution in [0.5, 0.6) is 0 Å².